The smallest absolute Gasteiger partial charge is 0.0245 e. The molecule has 114 valence electrons. The first-order valence-corrected chi connectivity index (χ1v) is 9.31. The van der Waals surface area contributed by atoms with Gasteiger partial charge in [-0.2, -0.15) is 0 Å². The van der Waals surface area contributed by atoms with Crippen molar-refractivity contribution in [3.05, 3.63) is 0 Å². The molecular formula is C19H33N. The van der Waals surface area contributed by atoms with Crippen molar-refractivity contribution in [1.82, 2.24) is 0 Å². The first-order chi connectivity index (χ1) is 9.52. The molecule has 0 saturated heterocycles. The Balaban J connectivity index is 1.54. The third-order valence-corrected chi connectivity index (χ3v) is 8.20. The van der Waals surface area contributed by atoms with E-state index >= 15 is 0 Å². The summed E-state index contributed by atoms with van der Waals surface area (Å²) in [6.45, 7) is 7.33. The van der Waals surface area contributed by atoms with Crippen molar-refractivity contribution in [2.24, 2.45) is 40.2 Å². The lowest BCUT2D eigenvalue weighted by Crippen LogP contribution is -2.49. The molecule has 0 heterocycles. The van der Waals surface area contributed by atoms with E-state index in [2.05, 4.69) is 20.8 Å². The highest BCUT2D eigenvalue weighted by Crippen LogP contribution is 2.97. The molecule has 0 amide bonds. The van der Waals surface area contributed by atoms with Crippen LogP contribution in [0.4, 0.5) is 0 Å². The van der Waals surface area contributed by atoms with Crippen LogP contribution in [0.25, 0.3) is 0 Å². The first kappa shape index (κ1) is 13.6. The highest BCUT2D eigenvalue weighted by atomic mass is 15.0. The zero-order valence-electron chi connectivity index (χ0n) is 13.8. The normalized spacial score (nSPS) is 54.6. The summed E-state index contributed by atoms with van der Waals surface area (Å²) in [5, 5.41) is 0. The lowest BCUT2D eigenvalue weighted by Gasteiger charge is -2.35. The monoisotopic (exact) mass is 275 g/mol. The maximum atomic E-state index is 7.06. The summed E-state index contributed by atoms with van der Waals surface area (Å²) >= 11 is 0. The van der Waals surface area contributed by atoms with Crippen LogP contribution in [-0.2, 0) is 0 Å². The zero-order valence-corrected chi connectivity index (χ0v) is 13.8. The summed E-state index contributed by atoms with van der Waals surface area (Å²) in [4.78, 5) is 0. The molecule has 5 unspecified atom stereocenters. The Bertz CT molecular complexity index is 414. The van der Waals surface area contributed by atoms with Crippen LogP contribution >= 0.6 is 0 Å². The lowest BCUT2D eigenvalue weighted by molar-refractivity contribution is 0.199. The number of nitrogens with two attached hydrogens (primary N) is 1. The SMILES string of the molecule is CCCC12C[C@@]1(C1(N)CCCC1C)C2CC(C)C1CC1. The molecule has 6 atom stereocenters. The van der Waals surface area contributed by atoms with E-state index in [1.165, 1.54) is 57.8 Å². The Morgan fingerprint density at radius 2 is 2.00 bits per heavy atom. The van der Waals surface area contributed by atoms with Crippen LogP contribution in [0.5, 0.6) is 0 Å². The van der Waals surface area contributed by atoms with Gasteiger partial charge in [0.25, 0.3) is 0 Å². The van der Waals surface area contributed by atoms with E-state index < -0.39 is 0 Å². The molecule has 4 fully saturated rings. The molecule has 4 aliphatic carbocycles. The van der Waals surface area contributed by atoms with Gasteiger partial charge in [0.1, 0.15) is 0 Å². The van der Waals surface area contributed by atoms with Crippen LogP contribution in [0, 0.1) is 34.5 Å². The van der Waals surface area contributed by atoms with E-state index in [-0.39, 0.29) is 5.54 Å². The molecule has 1 heteroatoms. The molecule has 0 bridgehead atoms. The second-order valence-corrected chi connectivity index (χ2v) is 8.99. The average molecular weight is 275 g/mol. The number of hydrogen-bond donors (Lipinski definition) is 1. The Morgan fingerprint density at radius 3 is 2.55 bits per heavy atom. The molecule has 4 saturated carbocycles. The Kier molecular flexibility index (Phi) is 2.74. The average Bonchev–Trinajstić information content (AvgIpc) is 3.30. The molecule has 0 aromatic rings. The van der Waals surface area contributed by atoms with Gasteiger partial charge >= 0.3 is 0 Å². The zero-order chi connectivity index (χ0) is 14.2. The van der Waals surface area contributed by atoms with Crippen molar-refractivity contribution < 1.29 is 0 Å². The van der Waals surface area contributed by atoms with Gasteiger partial charge in [0.15, 0.2) is 0 Å². The fraction of sp³-hybridized carbons (Fsp3) is 1.00. The molecule has 4 aliphatic rings. The quantitative estimate of drug-likeness (QED) is 0.744. The molecule has 0 spiro atoms. The molecule has 0 aliphatic heterocycles. The van der Waals surface area contributed by atoms with Gasteiger partial charge in [-0.1, -0.05) is 33.6 Å². The summed E-state index contributed by atoms with van der Waals surface area (Å²) < 4.78 is 0. The minimum atomic E-state index is 0.204. The molecule has 0 aromatic heterocycles. The molecule has 1 nitrogen and oxygen atoms in total. The first-order valence-electron chi connectivity index (χ1n) is 9.31. The van der Waals surface area contributed by atoms with E-state index in [0.717, 1.165) is 23.7 Å². The highest BCUT2D eigenvalue weighted by molar-refractivity contribution is 5.43. The largest absolute Gasteiger partial charge is 0.324 e. The van der Waals surface area contributed by atoms with Crippen LogP contribution in [0.3, 0.4) is 0 Å². The Hall–Kier alpha value is -0.0400. The second-order valence-electron chi connectivity index (χ2n) is 8.99. The van der Waals surface area contributed by atoms with Gasteiger partial charge in [0.05, 0.1) is 0 Å². The number of fused-ring (bicyclic) bond motifs is 1. The van der Waals surface area contributed by atoms with Gasteiger partial charge in [0.2, 0.25) is 0 Å². The third kappa shape index (κ3) is 1.44. The van der Waals surface area contributed by atoms with Crippen LogP contribution in [0.2, 0.25) is 0 Å². The highest BCUT2D eigenvalue weighted by Gasteiger charge is 2.94. The predicted molar refractivity (Wildman–Crippen MR) is 84.3 cm³/mol. The van der Waals surface area contributed by atoms with E-state index in [0.29, 0.717) is 10.8 Å². The molecule has 0 radical (unpaired) electrons. The third-order valence-electron chi connectivity index (χ3n) is 8.20. The Morgan fingerprint density at radius 1 is 1.25 bits per heavy atom. The van der Waals surface area contributed by atoms with Gasteiger partial charge in [-0.25, -0.2) is 0 Å². The molecule has 0 aromatic carbocycles. The van der Waals surface area contributed by atoms with E-state index in [4.69, 9.17) is 5.73 Å². The van der Waals surface area contributed by atoms with Crippen molar-refractivity contribution in [3.8, 4) is 0 Å². The lowest BCUT2D eigenvalue weighted by atomic mass is 9.75. The minimum absolute atomic E-state index is 0.204. The second kappa shape index (κ2) is 4.03. The van der Waals surface area contributed by atoms with Crippen molar-refractivity contribution >= 4 is 0 Å². The molecule has 2 N–H and O–H groups in total. The Labute approximate surface area is 125 Å². The van der Waals surface area contributed by atoms with Gasteiger partial charge in [-0.05, 0) is 79.4 Å². The summed E-state index contributed by atoms with van der Waals surface area (Å²) in [6.07, 6.45) is 12.9. The van der Waals surface area contributed by atoms with Crippen molar-refractivity contribution in [2.75, 3.05) is 0 Å². The minimum Gasteiger partial charge on any atom is -0.324 e. The molecule has 4 rings (SSSR count). The van der Waals surface area contributed by atoms with Crippen LogP contribution < -0.4 is 5.73 Å². The predicted octanol–water partition coefficient (Wildman–Crippen LogP) is 4.75. The summed E-state index contributed by atoms with van der Waals surface area (Å²) in [6, 6.07) is 0. The number of hydrogen-bond acceptors (Lipinski definition) is 1. The van der Waals surface area contributed by atoms with Crippen molar-refractivity contribution in [1.29, 1.82) is 0 Å². The van der Waals surface area contributed by atoms with Crippen LogP contribution in [0.15, 0.2) is 0 Å². The van der Waals surface area contributed by atoms with Gasteiger partial charge < -0.3 is 5.73 Å². The van der Waals surface area contributed by atoms with Crippen LogP contribution in [0.1, 0.15) is 78.6 Å². The van der Waals surface area contributed by atoms with E-state index in [1.807, 2.05) is 0 Å². The van der Waals surface area contributed by atoms with Gasteiger partial charge in [-0.3, -0.25) is 0 Å². The molecular weight excluding hydrogens is 242 g/mol. The van der Waals surface area contributed by atoms with Crippen LogP contribution in [-0.4, -0.2) is 5.54 Å². The standard InChI is InChI=1S/C19H33N/c1-4-9-17-12-18(17,19(20)10-5-6-14(19)3)16(17)11-13(2)15-7-8-15/h13-16H,4-12,20H2,1-3H3/t13?,14?,16?,17?,18-,19?/m1/s1. The van der Waals surface area contributed by atoms with Crippen molar-refractivity contribution in [2.45, 2.75) is 84.1 Å². The van der Waals surface area contributed by atoms with E-state index in [1.54, 1.807) is 0 Å². The van der Waals surface area contributed by atoms with E-state index in [9.17, 15) is 0 Å². The number of rotatable bonds is 6. The fourth-order valence-electron chi connectivity index (χ4n) is 6.74. The maximum absolute atomic E-state index is 7.06. The summed E-state index contributed by atoms with van der Waals surface area (Å²) in [5.41, 5.74) is 8.56. The summed E-state index contributed by atoms with van der Waals surface area (Å²) in [7, 11) is 0. The fourth-order valence-corrected chi connectivity index (χ4v) is 6.74. The van der Waals surface area contributed by atoms with Gasteiger partial charge in [-0.15, -0.1) is 0 Å². The topological polar surface area (TPSA) is 26.0 Å². The van der Waals surface area contributed by atoms with Crippen molar-refractivity contribution in [3.63, 3.8) is 0 Å². The maximum Gasteiger partial charge on any atom is 0.0245 e. The van der Waals surface area contributed by atoms with Gasteiger partial charge in [0, 0.05) is 5.54 Å². The summed E-state index contributed by atoms with van der Waals surface area (Å²) in [5.74, 6) is 3.80. The molecule has 20 heavy (non-hydrogen) atoms.